The maximum atomic E-state index is 13.2. The quantitative estimate of drug-likeness (QED) is 0.0213. The van der Waals surface area contributed by atoms with Crippen molar-refractivity contribution in [3.8, 4) is 52.2 Å². The summed E-state index contributed by atoms with van der Waals surface area (Å²) in [6, 6.07) is 74.5. The second kappa shape index (κ2) is 42.6. The van der Waals surface area contributed by atoms with Gasteiger partial charge in [-0.25, -0.2) is 14.4 Å². The molecule has 0 radical (unpaired) electrons. The van der Waals surface area contributed by atoms with Gasteiger partial charge in [-0.2, -0.15) is 0 Å². The first-order valence-corrected chi connectivity index (χ1v) is 44.7. The Kier molecular flexibility index (Phi) is 31.7. The molecule has 2 aliphatic rings. The summed E-state index contributed by atoms with van der Waals surface area (Å²) >= 11 is 6.81. The van der Waals surface area contributed by atoms with Crippen molar-refractivity contribution in [1.82, 2.24) is 20.2 Å². The van der Waals surface area contributed by atoms with Crippen LogP contribution in [0.2, 0.25) is 0 Å². The number of thiophene rings is 5. The predicted molar refractivity (Wildman–Crippen MR) is 521 cm³/mol. The number of aromatic nitrogens is 2. The molecule has 25 nitrogen and oxygen atoms in total. The minimum absolute atomic E-state index is 0. The Morgan fingerprint density at radius 1 is 0.433 bits per heavy atom. The number of nitro groups is 2. The number of anilines is 7. The topological polar surface area (TPSA) is 349 Å². The van der Waals surface area contributed by atoms with E-state index in [1.807, 2.05) is 199 Å². The van der Waals surface area contributed by atoms with Gasteiger partial charge in [0.1, 0.15) is 33.2 Å². The summed E-state index contributed by atoms with van der Waals surface area (Å²) in [4.78, 5) is 105. The number of amides is 3. The Bertz CT molecular complexity index is 6150. The molecule has 3 amide bonds. The van der Waals surface area contributed by atoms with Crippen LogP contribution in [-0.4, -0.2) is 124 Å². The molecule has 0 spiro atoms. The Hall–Kier alpha value is -13.2. The van der Waals surface area contributed by atoms with Crippen LogP contribution in [0.15, 0.2) is 243 Å². The highest BCUT2D eigenvalue weighted by Gasteiger charge is 2.29. The molecule has 30 heteroatoms. The van der Waals surface area contributed by atoms with E-state index in [2.05, 4.69) is 103 Å². The first-order valence-electron chi connectivity index (χ1n) is 40.6. The molecular formula is C97H103N13O12S5. The molecular weight excluding hydrogens is 1700 g/mol. The third kappa shape index (κ3) is 26.7. The number of nitrogens with one attached hydrogen (secondary N) is 3. The number of carbonyl (C=O) groups is 5. The van der Waals surface area contributed by atoms with E-state index in [1.165, 1.54) is 27.5 Å². The van der Waals surface area contributed by atoms with Crippen LogP contribution in [0, 0.1) is 27.2 Å². The minimum atomic E-state index is -0.715. The number of Topliss-reactive ketones (excluding diaryl/α,β-unsaturated/α-hetero) is 2. The zero-order valence-corrected chi connectivity index (χ0v) is 75.6. The van der Waals surface area contributed by atoms with Gasteiger partial charge in [-0.15, -0.1) is 34.0 Å². The first kappa shape index (κ1) is 94.4. The summed E-state index contributed by atoms with van der Waals surface area (Å²) in [5.74, 6) is 0.111. The van der Waals surface area contributed by atoms with Gasteiger partial charge in [0.2, 0.25) is 0 Å². The highest BCUT2D eigenvalue weighted by atomic mass is 32.1. The van der Waals surface area contributed by atoms with Crippen LogP contribution in [0.5, 0.6) is 0 Å². The number of nitrogens with zero attached hydrogens (tertiary/aromatic N) is 7. The molecule has 2 fully saturated rings. The number of hydrogen-bond donors (Lipinski definition) is 6. The van der Waals surface area contributed by atoms with E-state index < -0.39 is 38.8 Å². The second-order valence-corrected chi connectivity index (χ2v) is 37.9. The lowest BCUT2D eigenvalue weighted by atomic mass is 10.0. The Balaban J connectivity index is 0.000000159. The van der Waals surface area contributed by atoms with Gasteiger partial charge >= 0.3 is 28.3 Å². The van der Waals surface area contributed by atoms with Crippen molar-refractivity contribution >= 4 is 157 Å². The molecule has 0 aliphatic carbocycles. The van der Waals surface area contributed by atoms with Crippen molar-refractivity contribution < 1.29 is 48.0 Å². The van der Waals surface area contributed by atoms with Crippen molar-refractivity contribution in [2.75, 3.05) is 90.0 Å². The van der Waals surface area contributed by atoms with Crippen LogP contribution in [-0.2, 0) is 27.1 Å². The van der Waals surface area contributed by atoms with Crippen molar-refractivity contribution in [2.24, 2.45) is 0 Å². The molecule has 0 bridgehead atoms. The first-order chi connectivity index (χ1) is 60.1. The summed E-state index contributed by atoms with van der Waals surface area (Å²) in [6.07, 6.45) is 2.56. The molecule has 2 saturated heterocycles. The van der Waals surface area contributed by atoms with Crippen LogP contribution in [0.4, 0.5) is 63.5 Å². The number of ether oxygens (including phenoxy) is 3. The summed E-state index contributed by atoms with van der Waals surface area (Å²) in [6.45, 7) is 25.0. The van der Waals surface area contributed by atoms with Crippen molar-refractivity contribution in [1.29, 1.82) is 0 Å². The summed E-state index contributed by atoms with van der Waals surface area (Å²) in [5.41, 5.74) is 29.2. The fraction of sp³-hybridized carbons (Fsp3) is 0.247. The Morgan fingerprint density at radius 3 is 1.24 bits per heavy atom. The molecule has 9 N–H and O–H groups in total. The van der Waals surface area contributed by atoms with Crippen LogP contribution in [0.25, 0.3) is 74.0 Å². The maximum Gasteiger partial charge on any atom is 0.412 e. The molecule has 14 aromatic rings. The smallest absolute Gasteiger partial charge is 0.412 e. The molecule has 7 aromatic carbocycles. The number of fused-ring (bicyclic) bond motifs is 2. The lowest BCUT2D eigenvalue weighted by Gasteiger charge is -2.36. The lowest BCUT2D eigenvalue weighted by molar-refractivity contribution is -0.379. The van der Waals surface area contributed by atoms with Crippen LogP contribution >= 0.6 is 56.7 Å². The Morgan fingerprint density at radius 2 is 0.803 bits per heavy atom. The van der Waals surface area contributed by atoms with E-state index in [1.54, 1.807) is 72.9 Å². The van der Waals surface area contributed by atoms with Gasteiger partial charge in [0, 0.05) is 151 Å². The third-order valence-corrected chi connectivity index (χ3v) is 25.2. The summed E-state index contributed by atoms with van der Waals surface area (Å²) in [5, 5.41) is 32.6. The van der Waals surface area contributed by atoms with Crippen molar-refractivity contribution in [3.63, 3.8) is 0 Å². The number of nitrogens with two attached hydrogens (primary N) is 3. The van der Waals surface area contributed by atoms with E-state index in [4.69, 9.17) is 31.4 Å². The van der Waals surface area contributed by atoms with Gasteiger partial charge in [0.05, 0.1) is 26.6 Å². The molecule has 2 aliphatic heterocycles. The summed E-state index contributed by atoms with van der Waals surface area (Å²) < 4.78 is 15.8. The number of aryl methyl sites for hydroxylation is 1. The van der Waals surface area contributed by atoms with Gasteiger partial charge in [0.15, 0.2) is 11.6 Å². The highest BCUT2D eigenvalue weighted by molar-refractivity contribution is 7.20. The van der Waals surface area contributed by atoms with E-state index in [-0.39, 0.29) is 52.9 Å². The van der Waals surface area contributed by atoms with Crippen LogP contribution in [0.3, 0.4) is 0 Å². The van der Waals surface area contributed by atoms with E-state index >= 15 is 0 Å². The molecule has 16 rings (SSSR count). The van der Waals surface area contributed by atoms with Gasteiger partial charge < -0.3 is 51.4 Å². The molecule has 9 heterocycles. The predicted octanol–water partition coefficient (Wildman–Crippen LogP) is 23.7. The highest BCUT2D eigenvalue weighted by Crippen LogP contribution is 2.43. The minimum Gasteiger partial charge on any atom is -0.444 e. The monoisotopic (exact) mass is 1800 g/mol. The van der Waals surface area contributed by atoms with Gasteiger partial charge in [-0.05, 0) is 169 Å². The molecule has 658 valence electrons. The standard InChI is InChI=1S/C31H33N3O3S.C25H24N4OS.C15H16N2O4S.C15H18N2O2S.C10H8N2O2S.CH4/c1-21-16-29(22-8-6-5-7-9-22)38-28(21)19-27(35)24-17-23-10-11-25(18-26(23)32-20-24)33-12-14-34(15-13-33)30(36)37-31(2,3)4;26-21-14-24(17-4-2-1-3-5-17)31-25(21)15-23(30)19-12-18-6-7-20(13-22(18)28-16-19)29-10-8-27-9-11-29;1-15(2,3)21-14(18)16-11-9-12(22-13(11)17(19)20)10-7-5-4-6-8-10;1-15(2,3)19-14(18)17-11-9-12(20-13(11)16)10-7-5-4-6-8-10;11-8-6-9(15-10(8)12(13)14)7-4-2-1-3-5-7;/h5-11,16-18,20H,12-15,19H2,1-4H3;1-7,12-14,16,27H,8-11,15,26H2;4-9H,1-3H3,(H,16,18);4-9H,16H2,1-3H3,(H,17,18);1-6H,11H2;1H4. The van der Waals surface area contributed by atoms with Gasteiger partial charge in [-0.1, -0.05) is 194 Å². The number of ketones is 2. The van der Waals surface area contributed by atoms with Crippen molar-refractivity contribution in [3.05, 3.63) is 290 Å². The number of piperazine rings is 2. The SMILES string of the molecule is C.CC(C)(C)OC(=O)Nc1cc(-c2ccccc2)sc1N.CC(C)(C)OC(=O)Nc1cc(-c2ccccc2)sc1[N+](=O)[O-].Cc1cc(-c2ccccc2)sc1CC(=O)c1cnc2cc(N3CCN(C(=O)OC(C)(C)C)CC3)ccc2c1.Nc1cc(-c2ccccc2)sc1CC(=O)c1cnc2cc(N3CCNCC3)ccc2c1.Nc1cc(-c2ccccc2)sc1[N+](=O)[O-]. The Labute approximate surface area is 758 Å². The molecule has 0 unspecified atom stereocenters. The number of rotatable bonds is 17. The number of benzene rings is 7. The fourth-order valence-electron chi connectivity index (χ4n) is 13.3. The number of nitrogen functional groups attached to an aromatic ring is 3. The maximum absolute atomic E-state index is 13.2. The van der Waals surface area contributed by atoms with Gasteiger partial charge in [0.25, 0.3) is 0 Å². The summed E-state index contributed by atoms with van der Waals surface area (Å²) in [7, 11) is 0. The molecule has 127 heavy (non-hydrogen) atoms. The number of hydrogen-bond acceptors (Lipinski definition) is 25. The second-order valence-electron chi connectivity index (χ2n) is 32.5. The third-order valence-electron chi connectivity index (χ3n) is 19.4. The van der Waals surface area contributed by atoms with Gasteiger partial charge in [-0.3, -0.25) is 50.4 Å². The number of pyridine rings is 2. The zero-order chi connectivity index (χ0) is 90.0. The molecule has 7 aromatic heterocycles. The van der Waals surface area contributed by atoms with E-state index in [9.17, 15) is 44.2 Å². The van der Waals surface area contributed by atoms with Crippen LogP contribution in [0.1, 0.15) is 106 Å². The molecule has 0 saturated carbocycles. The average molecular weight is 1800 g/mol. The zero-order valence-electron chi connectivity index (χ0n) is 71.5. The number of carbonyl (C=O) groups excluding carboxylic acids is 5. The fourth-order valence-corrected chi connectivity index (χ4v) is 18.3. The van der Waals surface area contributed by atoms with Crippen LogP contribution < -0.4 is 43.0 Å². The van der Waals surface area contributed by atoms with E-state index in [0.29, 0.717) is 51.9 Å². The van der Waals surface area contributed by atoms with Crippen molar-refractivity contribution in [2.45, 2.75) is 106 Å². The molecule has 0 atom stereocenters. The van der Waals surface area contributed by atoms with E-state index in [0.717, 1.165) is 142 Å². The normalized spacial score (nSPS) is 12.5. The lowest BCUT2D eigenvalue weighted by Crippen LogP contribution is -2.50. The largest absolute Gasteiger partial charge is 0.444 e. The average Bonchev–Trinajstić information content (AvgIpc) is 1.80.